The zero-order valence-corrected chi connectivity index (χ0v) is 9.99. The Morgan fingerprint density at radius 2 is 2.44 bits per heavy atom. The second kappa shape index (κ2) is 5.14. The summed E-state index contributed by atoms with van der Waals surface area (Å²) in [6.45, 7) is 1.72. The number of anilines is 1. The highest BCUT2D eigenvalue weighted by atomic mass is 16.5. The van der Waals surface area contributed by atoms with Crippen molar-refractivity contribution in [3.63, 3.8) is 0 Å². The molecule has 0 spiro atoms. The van der Waals surface area contributed by atoms with Crippen molar-refractivity contribution in [2.75, 3.05) is 18.5 Å². The number of nitrogens with one attached hydrogen (secondary N) is 1. The number of ether oxygens (including phenoxy) is 1. The van der Waals surface area contributed by atoms with Crippen LogP contribution in [0.15, 0.2) is 31.0 Å². The minimum Gasteiger partial charge on any atom is -0.381 e. The predicted octanol–water partition coefficient (Wildman–Crippen LogP) is 1.25. The van der Waals surface area contributed by atoms with Crippen LogP contribution >= 0.6 is 0 Å². The first-order valence-corrected chi connectivity index (χ1v) is 6.08. The molecule has 0 aromatic carbocycles. The lowest BCUT2D eigenvalue weighted by atomic mass is 10.2. The zero-order valence-electron chi connectivity index (χ0n) is 9.99. The first-order valence-electron chi connectivity index (χ1n) is 6.08. The predicted molar refractivity (Wildman–Crippen MR) is 66.6 cm³/mol. The van der Waals surface area contributed by atoms with Crippen LogP contribution in [0.1, 0.15) is 12.8 Å². The molecular weight excluding hydrogens is 230 g/mol. The Balaban J connectivity index is 1.60. The van der Waals surface area contributed by atoms with Gasteiger partial charge in [-0.25, -0.2) is 14.6 Å². The third-order valence-corrected chi connectivity index (χ3v) is 2.96. The molecule has 3 rings (SSSR count). The van der Waals surface area contributed by atoms with Crippen LogP contribution in [0, 0.1) is 0 Å². The molecule has 0 radical (unpaired) electrons. The van der Waals surface area contributed by atoms with E-state index in [1.165, 1.54) is 6.33 Å². The molecule has 18 heavy (non-hydrogen) atoms. The molecule has 1 N–H and O–H groups in total. The minimum atomic E-state index is 0.333. The van der Waals surface area contributed by atoms with Crippen LogP contribution in [0.3, 0.4) is 0 Å². The molecule has 0 amide bonds. The molecule has 1 unspecified atom stereocenters. The Labute approximate surface area is 105 Å². The van der Waals surface area contributed by atoms with E-state index < -0.39 is 0 Å². The summed E-state index contributed by atoms with van der Waals surface area (Å²) in [6.07, 6.45) is 7.55. The van der Waals surface area contributed by atoms with Crippen LogP contribution in [0.25, 0.3) is 5.82 Å². The second-order valence-corrected chi connectivity index (χ2v) is 4.26. The van der Waals surface area contributed by atoms with Gasteiger partial charge in [0.1, 0.15) is 12.7 Å². The van der Waals surface area contributed by atoms with Gasteiger partial charge in [0.15, 0.2) is 5.82 Å². The molecule has 0 saturated carbocycles. The van der Waals surface area contributed by atoms with Gasteiger partial charge in [0.2, 0.25) is 0 Å². The van der Waals surface area contributed by atoms with E-state index in [0.29, 0.717) is 6.10 Å². The molecule has 6 heteroatoms. The molecule has 0 bridgehead atoms. The summed E-state index contributed by atoms with van der Waals surface area (Å²) in [7, 11) is 0. The molecule has 3 heterocycles. The van der Waals surface area contributed by atoms with E-state index in [9.17, 15) is 0 Å². The maximum atomic E-state index is 5.55. The van der Waals surface area contributed by atoms with Crippen LogP contribution in [-0.2, 0) is 4.74 Å². The van der Waals surface area contributed by atoms with Crippen molar-refractivity contribution < 1.29 is 4.74 Å². The first-order chi connectivity index (χ1) is 8.92. The molecule has 6 nitrogen and oxygen atoms in total. The average Bonchev–Trinajstić information content (AvgIpc) is 3.10. The third kappa shape index (κ3) is 2.48. The van der Waals surface area contributed by atoms with E-state index in [1.807, 2.05) is 12.1 Å². The summed E-state index contributed by atoms with van der Waals surface area (Å²) in [5.41, 5.74) is 0.995. The highest BCUT2D eigenvalue weighted by molar-refractivity contribution is 5.43. The number of hydrogen-bond donors (Lipinski definition) is 1. The molecule has 1 aliphatic rings. The van der Waals surface area contributed by atoms with Crippen LogP contribution < -0.4 is 5.32 Å². The van der Waals surface area contributed by atoms with Gasteiger partial charge in [-0.3, -0.25) is 0 Å². The SMILES string of the molecule is c1ncn(-c2ccc(NCC3CCCO3)cn2)n1. The largest absolute Gasteiger partial charge is 0.381 e. The number of hydrogen-bond acceptors (Lipinski definition) is 5. The number of rotatable bonds is 4. The van der Waals surface area contributed by atoms with Gasteiger partial charge in [-0.15, -0.1) is 0 Å². The maximum absolute atomic E-state index is 5.55. The molecule has 1 fully saturated rings. The summed E-state index contributed by atoms with van der Waals surface area (Å²) in [4.78, 5) is 8.21. The highest BCUT2D eigenvalue weighted by Gasteiger charge is 2.14. The standard InChI is InChI=1S/C12H15N5O/c1-2-11(18-5-1)7-14-10-3-4-12(15-6-10)17-9-13-8-16-17/h3-4,6,8-9,11,14H,1-2,5,7H2. The Bertz CT molecular complexity index is 476. The van der Waals surface area contributed by atoms with E-state index in [-0.39, 0.29) is 0 Å². The fourth-order valence-electron chi connectivity index (χ4n) is 1.99. The van der Waals surface area contributed by atoms with Gasteiger partial charge in [-0.05, 0) is 25.0 Å². The molecule has 0 aliphatic carbocycles. The zero-order chi connectivity index (χ0) is 12.2. The molecule has 94 valence electrons. The highest BCUT2D eigenvalue weighted by Crippen LogP contribution is 2.14. The molecule has 1 aliphatic heterocycles. The number of nitrogens with zero attached hydrogens (tertiary/aromatic N) is 4. The lowest BCUT2D eigenvalue weighted by molar-refractivity contribution is 0.120. The van der Waals surface area contributed by atoms with Gasteiger partial charge in [-0.1, -0.05) is 0 Å². The van der Waals surface area contributed by atoms with E-state index >= 15 is 0 Å². The molecule has 1 saturated heterocycles. The van der Waals surface area contributed by atoms with Crippen molar-refractivity contribution in [3.05, 3.63) is 31.0 Å². The topological polar surface area (TPSA) is 64.9 Å². The first kappa shape index (κ1) is 11.2. The van der Waals surface area contributed by atoms with Gasteiger partial charge in [0.05, 0.1) is 18.0 Å². The van der Waals surface area contributed by atoms with E-state index in [0.717, 1.165) is 37.5 Å². The second-order valence-electron chi connectivity index (χ2n) is 4.26. The van der Waals surface area contributed by atoms with Gasteiger partial charge in [0, 0.05) is 13.2 Å². The van der Waals surface area contributed by atoms with Crippen molar-refractivity contribution in [2.45, 2.75) is 18.9 Å². The van der Waals surface area contributed by atoms with Gasteiger partial charge in [0.25, 0.3) is 0 Å². The molecule has 1 atom stereocenters. The summed E-state index contributed by atoms with van der Waals surface area (Å²) in [5, 5.41) is 7.35. The molecule has 2 aromatic heterocycles. The molecule has 2 aromatic rings. The number of pyridine rings is 1. The summed E-state index contributed by atoms with van der Waals surface area (Å²) < 4.78 is 7.18. The van der Waals surface area contributed by atoms with Gasteiger partial charge >= 0.3 is 0 Å². The minimum absolute atomic E-state index is 0.333. The molecular formula is C12H15N5O. The van der Waals surface area contributed by atoms with Crippen LogP contribution in [0.2, 0.25) is 0 Å². The van der Waals surface area contributed by atoms with Gasteiger partial charge in [-0.2, -0.15) is 5.10 Å². The van der Waals surface area contributed by atoms with E-state index in [4.69, 9.17) is 4.74 Å². The summed E-state index contributed by atoms with van der Waals surface area (Å²) >= 11 is 0. The maximum Gasteiger partial charge on any atom is 0.155 e. The fourth-order valence-corrected chi connectivity index (χ4v) is 1.99. The van der Waals surface area contributed by atoms with Crippen molar-refractivity contribution >= 4 is 5.69 Å². The Morgan fingerprint density at radius 3 is 3.11 bits per heavy atom. The summed E-state index contributed by atoms with van der Waals surface area (Å²) in [6, 6.07) is 3.89. The fraction of sp³-hybridized carbons (Fsp3) is 0.417. The normalized spacial score (nSPS) is 19.0. The average molecular weight is 245 g/mol. The van der Waals surface area contributed by atoms with Crippen molar-refractivity contribution in [3.8, 4) is 5.82 Å². The van der Waals surface area contributed by atoms with Crippen molar-refractivity contribution in [1.82, 2.24) is 19.7 Å². The summed E-state index contributed by atoms with van der Waals surface area (Å²) in [5.74, 6) is 0.759. The van der Waals surface area contributed by atoms with Crippen molar-refractivity contribution in [2.24, 2.45) is 0 Å². The Morgan fingerprint density at radius 1 is 1.44 bits per heavy atom. The van der Waals surface area contributed by atoms with Crippen LogP contribution in [0.4, 0.5) is 5.69 Å². The lowest BCUT2D eigenvalue weighted by Gasteiger charge is -2.11. The monoisotopic (exact) mass is 245 g/mol. The smallest absolute Gasteiger partial charge is 0.155 e. The van der Waals surface area contributed by atoms with E-state index in [2.05, 4.69) is 20.4 Å². The Kier molecular flexibility index (Phi) is 3.18. The number of aromatic nitrogens is 4. The van der Waals surface area contributed by atoms with E-state index in [1.54, 1.807) is 17.2 Å². The Hall–Kier alpha value is -1.95. The third-order valence-electron chi connectivity index (χ3n) is 2.96. The quantitative estimate of drug-likeness (QED) is 0.878. The lowest BCUT2D eigenvalue weighted by Crippen LogP contribution is -2.18. The van der Waals surface area contributed by atoms with Crippen LogP contribution in [0.5, 0.6) is 0 Å². The van der Waals surface area contributed by atoms with Crippen molar-refractivity contribution in [1.29, 1.82) is 0 Å². The van der Waals surface area contributed by atoms with Crippen LogP contribution in [-0.4, -0.2) is 39.0 Å². The van der Waals surface area contributed by atoms with Gasteiger partial charge < -0.3 is 10.1 Å².